The zero-order valence-electron chi connectivity index (χ0n) is 15.1. The van der Waals surface area contributed by atoms with Crippen LogP contribution in [0.1, 0.15) is 37.9 Å². The van der Waals surface area contributed by atoms with Gasteiger partial charge < -0.3 is 10.1 Å². The van der Waals surface area contributed by atoms with Gasteiger partial charge in [0.1, 0.15) is 5.75 Å². The normalized spacial score (nSPS) is 11.7. The fourth-order valence-corrected chi connectivity index (χ4v) is 2.62. The number of anilines is 2. The number of carbonyl (C=O) groups excluding carboxylic acids is 1. The molecule has 2 N–H and O–H groups in total. The second-order valence-electron chi connectivity index (χ2n) is 5.47. The fraction of sp³-hybridized carbons (Fsp3) is 0.412. The summed E-state index contributed by atoms with van der Waals surface area (Å²) in [5.74, 6) is 1.32. The number of ether oxygens (including phenoxy) is 1. The number of hydrogen-bond acceptors (Lipinski definition) is 7. The van der Waals surface area contributed by atoms with Crippen LogP contribution in [0.25, 0.3) is 0 Å². The average molecular weight is 361 g/mol. The molecule has 2 rings (SSSR count). The van der Waals surface area contributed by atoms with Crippen LogP contribution in [-0.2, 0) is 4.79 Å². The van der Waals surface area contributed by atoms with Crippen LogP contribution in [0.2, 0.25) is 0 Å². The number of rotatable bonds is 7. The first-order chi connectivity index (χ1) is 11.9. The number of aryl methyl sites for hydroxylation is 1. The summed E-state index contributed by atoms with van der Waals surface area (Å²) in [6, 6.07) is 6.04. The lowest BCUT2D eigenvalue weighted by Crippen LogP contribution is -2.15. The Morgan fingerprint density at radius 3 is 2.60 bits per heavy atom. The van der Waals surface area contributed by atoms with Crippen LogP contribution in [0.4, 0.5) is 11.9 Å². The number of nitrogens with one attached hydrogen (secondary N) is 2. The van der Waals surface area contributed by atoms with Crippen molar-refractivity contribution in [3.63, 3.8) is 0 Å². The smallest absolute Gasteiger partial charge is 0.235 e. The molecule has 0 radical (unpaired) electrons. The third kappa shape index (κ3) is 5.32. The summed E-state index contributed by atoms with van der Waals surface area (Å²) in [7, 11) is 0. The molecule has 1 heterocycles. The minimum atomic E-state index is -0.223. The molecular formula is C17H23N5O2S. The predicted octanol–water partition coefficient (Wildman–Crippen LogP) is 3.43. The molecule has 2 aromatic rings. The van der Waals surface area contributed by atoms with Crippen LogP contribution < -0.4 is 15.4 Å². The third-order valence-corrected chi connectivity index (χ3v) is 3.98. The van der Waals surface area contributed by atoms with Crippen molar-refractivity contribution in [3.8, 4) is 5.75 Å². The first-order valence-electron chi connectivity index (χ1n) is 8.00. The average Bonchev–Trinajstić information content (AvgIpc) is 2.55. The minimum absolute atomic E-state index is 0.0170. The molecular weight excluding hydrogens is 338 g/mol. The maximum Gasteiger partial charge on any atom is 0.235 e. The van der Waals surface area contributed by atoms with Gasteiger partial charge in [0.2, 0.25) is 17.8 Å². The summed E-state index contributed by atoms with van der Waals surface area (Å²) >= 11 is 1.39. The number of benzene rings is 1. The number of amides is 1. The standard InChI is InChI=1S/C17H23N5O2S/c1-6-24-14-8-7-13(9-10(14)2)11(3)18-15-20-16(19-12(4)23)22-17(21-15)25-5/h7-9,11H,6H2,1-5H3,(H2,18,19,20,21,22,23). The van der Waals surface area contributed by atoms with Crippen molar-refractivity contribution in [1.29, 1.82) is 0 Å². The van der Waals surface area contributed by atoms with E-state index < -0.39 is 0 Å². The highest BCUT2D eigenvalue weighted by Crippen LogP contribution is 2.25. The van der Waals surface area contributed by atoms with Crippen molar-refractivity contribution in [2.45, 2.75) is 38.9 Å². The highest BCUT2D eigenvalue weighted by molar-refractivity contribution is 7.98. The molecule has 1 unspecified atom stereocenters. The van der Waals surface area contributed by atoms with E-state index in [1.54, 1.807) is 0 Å². The highest BCUT2D eigenvalue weighted by atomic mass is 32.2. The zero-order chi connectivity index (χ0) is 18.4. The summed E-state index contributed by atoms with van der Waals surface area (Å²) < 4.78 is 5.58. The van der Waals surface area contributed by atoms with Gasteiger partial charge in [0, 0.05) is 6.92 Å². The molecule has 1 amide bonds. The lowest BCUT2D eigenvalue weighted by atomic mass is 10.1. The van der Waals surface area contributed by atoms with Gasteiger partial charge in [0.25, 0.3) is 0 Å². The number of nitrogens with zero attached hydrogens (tertiary/aromatic N) is 3. The molecule has 0 aliphatic carbocycles. The van der Waals surface area contributed by atoms with Crippen molar-refractivity contribution < 1.29 is 9.53 Å². The molecule has 0 bridgehead atoms. The Morgan fingerprint density at radius 1 is 1.28 bits per heavy atom. The van der Waals surface area contributed by atoms with Crippen LogP contribution in [0.15, 0.2) is 23.4 Å². The molecule has 0 aliphatic heterocycles. The molecule has 0 saturated heterocycles. The van der Waals surface area contributed by atoms with Crippen molar-refractivity contribution in [3.05, 3.63) is 29.3 Å². The summed E-state index contributed by atoms with van der Waals surface area (Å²) in [5, 5.41) is 6.39. The first kappa shape index (κ1) is 19.0. The van der Waals surface area contributed by atoms with E-state index in [-0.39, 0.29) is 17.9 Å². The lowest BCUT2D eigenvalue weighted by Gasteiger charge is -2.17. The second-order valence-corrected chi connectivity index (χ2v) is 6.25. The van der Waals surface area contributed by atoms with Gasteiger partial charge in [0.15, 0.2) is 5.16 Å². The van der Waals surface area contributed by atoms with Gasteiger partial charge in [-0.05, 0) is 44.2 Å². The molecule has 25 heavy (non-hydrogen) atoms. The minimum Gasteiger partial charge on any atom is -0.494 e. The summed E-state index contributed by atoms with van der Waals surface area (Å²) in [6.45, 7) is 8.07. The molecule has 134 valence electrons. The molecule has 1 aromatic heterocycles. The number of carbonyl (C=O) groups is 1. The lowest BCUT2D eigenvalue weighted by molar-refractivity contribution is -0.114. The van der Waals surface area contributed by atoms with Crippen molar-refractivity contribution in [2.24, 2.45) is 0 Å². The maximum absolute atomic E-state index is 11.2. The summed E-state index contributed by atoms with van der Waals surface area (Å²) in [5.41, 5.74) is 2.17. The maximum atomic E-state index is 11.2. The van der Waals surface area contributed by atoms with Gasteiger partial charge >= 0.3 is 0 Å². The zero-order valence-corrected chi connectivity index (χ0v) is 15.9. The van der Waals surface area contributed by atoms with Gasteiger partial charge in [-0.25, -0.2) is 0 Å². The van der Waals surface area contributed by atoms with Crippen LogP contribution >= 0.6 is 11.8 Å². The quantitative estimate of drug-likeness (QED) is 0.730. The van der Waals surface area contributed by atoms with Gasteiger partial charge in [0.05, 0.1) is 12.6 Å². The number of aromatic nitrogens is 3. The Morgan fingerprint density at radius 2 is 2.00 bits per heavy atom. The van der Waals surface area contributed by atoms with Crippen LogP contribution in [0.3, 0.4) is 0 Å². The molecule has 1 aromatic carbocycles. The molecule has 1 atom stereocenters. The molecule has 0 aliphatic rings. The van der Waals surface area contributed by atoms with Crippen LogP contribution in [0.5, 0.6) is 5.75 Å². The van der Waals surface area contributed by atoms with E-state index in [4.69, 9.17) is 4.74 Å². The first-order valence-corrected chi connectivity index (χ1v) is 9.23. The largest absolute Gasteiger partial charge is 0.494 e. The van der Waals surface area contributed by atoms with Crippen LogP contribution in [0, 0.1) is 6.92 Å². The molecule has 7 nitrogen and oxygen atoms in total. The van der Waals surface area contributed by atoms with E-state index in [1.807, 2.05) is 39.2 Å². The van der Waals surface area contributed by atoms with Crippen LogP contribution in [-0.4, -0.2) is 33.7 Å². The topological polar surface area (TPSA) is 89.0 Å². The Kier molecular flexibility index (Phi) is 6.58. The number of hydrogen-bond donors (Lipinski definition) is 2. The SMILES string of the molecule is CCOc1ccc(C(C)Nc2nc(NC(C)=O)nc(SC)n2)cc1C. The molecule has 0 fully saturated rings. The Bertz CT molecular complexity index is 754. The third-order valence-electron chi connectivity index (χ3n) is 3.43. The second kappa shape index (κ2) is 8.66. The van der Waals surface area contributed by atoms with Crippen molar-refractivity contribution in [2.75, 3.05) is 23.5 Å². The van der Waals surface area contributed by atoms with Crippen molar-refractivity contribution >= 4 is 29.6 Å². The number of thioether (sulfide) groups is 1. The predicted molar refractivity (Wildman–Crippen MR) is 100 cm³/mol. The van der Waals surface area contributed by atoms with E-state index in [2.05, 4.69) is 31.7 Å². The van der Waals surface area contributed by atoms with Gasteiger partial charge in [-0.3, -0.25) is 10.1 Å². The van der Waals surface area contributed by atoms with E-state index >= 15 is 0 Å². The monoisotopic (exact) mass is 361 g/mol. The van der Waals surface area contributed by atoms with Gasteiger partial charge in [-0.1, -0.05) is 23.9 Å². The van der Waals surface area contributed by atoms with Gasteiger partial charge in [-0.2, -0.15) is 15.0 Å². The molecule has 0 spiro atoms. The van der Waals surface area contributed by atoms with E-state index in [0.717, 1.165) is 16.9 Å². The van der Waals surface area contributed by atoms with E-state index in [1.165, 1.54) is 18.7 Å². The fourth-order valence-electron chi connectivity index (χ4n) is 2.26. The summed E-state index contributed by atoms with van der Waals surface area (Å²) in [6.07, 6.45) is 1.87. The highest BCUT2D eigenvalue weighted by Gasteiger charge is 2.12. The Hall–Kier alpha value is -2.35. The molecule has 0 saturated carbocycles. The molecule has 8 heteroatoms. The summed E-state index contributed by atoms with van der Waals surface area (Å²) in [4.78, 5) is 24.0. The Labute approximate surface area is 152 Å². The van der Waals surface area contributed by atoms with E-state index in [9.17, 15) is 4.79 Å². The van der Waals surface area contributed by atoms with Crippen molar-refractivity contribution in [1.82, 2.24) is 15.0 Å². The Balaban J connectivity index is 2.20. The van der Waals surface area contributed by atoms with E-state index in [0.29, 0.717) is 17.7 Å². The van der Waals surface area contributed by atoms with Gasteiger partial charge in [-0.15, -0.1) is 0 Å².